The summed E-state index contributed by atoms with van der Waals surface area (Å²) in [6.45, 7) is 0.379. The second kappa shape index (κ2) is 6.40. The van der Waals surface area contributed by atoms with Gasteiger partial charge in [-0.25, -0.2) is 4.79 Å². The first-order chi connectivity index (χ1) is 9.56. The molecule has 1 saturated carbocycles. The van der Waals surface area contributed by atoms with Gasteiger partial charge in [-0.1, -0.05) is 12.8 Å². The molecule has 2 amide bonds. The van der Waals surface area contributed by atoms with E-state index in [0.717, 1.165) is 24.8 Å². The Bertz CT molecular complexity index is 486. The van der Waals surface area contributed by atoms with Gasteiger partial charge in [-0.15, -0.1) is 0 Å². The molecule has 2 unspecified atom stereocenters. The van der Waals surface area contributed by atoms with Crippen LogP contribution in [0.25, 0.3) is 0 Å². The lowest BCUT2D eigenvalue weighted by Gasteiger charge is -2.29. The lowest BCUT2D eigenvalue weighted by atomic mass is 9.84. The van der Waals surface area contributed by atoms with Crippen molar-refractivity contribution < 1.29 is 14.7 Å². The number of carboxylic acid groups (broad SMARTS) is 1. The third kappa shape index (κ3) is 3.72. The first-order valence-corrected chi connectivity index (χ1v) is 6.81. The van der Waals surface area contributed by atoms with E-state index in [2.05, 4.69) is 15.7 Å². The van der Waals surface area contributed by atoms with Crippen molar-refractivity contribution in [3.8, 4) is 0 Å². The molecule has 1 aromatic rings. The minimum Gasteiger partial charge on any atom is -0.481 e. The van der Waals surface area contributed by atoms with Gasteiger partial charge in [0.1, 0.15) is 0 Å². The normalized spacial score (nSPS) is 22.2. The summed E-state index contributed by atoms with van der Waals surface area (Å²) in [5.41, 5.74) is 0.904. The van der Waals surface area contributed by atoms with E-state index >= 15 is 0 Å². The number of carboxylic acids is 1. The molecule has 1 heterocycles. The minimum atomic E-state index is -0.831. The topological polar surface area (TPSA) is 96.2 Å². The molecule has 0 saturated heterocycles. The summed E-state index contributed by atoms with van der Waals surface area (Å²) < 4.78 is 1.66. The van der Waals surface area contributed by atoms with E-state index in [9.17, 15) is 9.59 Å². The van der Waals surface area contributed by atoms with E-state index in [0.29, 0.717) is 13.0 Å². The van der Waals surface area contributed by atoms with Crippen LogP contribution in [0.15, 0.2) is 12.4 Å². The molecule has 0 bridgehead atoms. The number of carbonyl (C=O) groups excluding carboxylic acids is 1. The number of aryl methyl sites for hydroxylation is 1. The average Bonchev–Trinajstić information content (AvgIpc) is 2.83. The van der Waals surface area contributed by atoms with E-state index in [4.69, 9.17) is 5.11 Å². The SMILES string of the molecule is Cn1cc(CNC(=O)NC2CCCCC2C(=O)O)cn1. The van der Waals surface area contributed by atoms with Gasteiger partial charge in [0.15, 0.2) is 0 Å². The number of urea groups is 1. The molecule has 20 heavy (non-hydrogen) atoms. The number of hydrogen-bond donors (Lipinski definition) is 3. The average molecular weight is 280 g/mol. The Morgan fingerprint density at radius 1 is 1.45 bits per heavy atom. The third-order valence-electron chi connectivity index (χ3n) is 3.61. The number of nitrogens with one attached hydrogen (secondary N) is 2. The van der Waals surface area contributed by atoms with E-state index in [1.54, 1.807) is 10.9 Å². The van der Waals surface area contributed by atoms with Crippen LogP contribution in [0.4, 0.5) is 4.79 Å². The van der Waals surface area contributed by atoms with E-state index < -0.39 is 11.9 Å². The molecule has 3 N–H and O–H groups in total. The van der Waals surface area contributed by atoms with E-state index in [1.807, 2.05) is 13.2 Å². The summed E-state index contributed by atoms with van der Waals surface area (Å²) in [6, 6.07) is -0.609. The summed E-state index contributed by atoms with van der Waals surface area (Å²) >= 11 is 0. The highest BCUT2D eigenvalue weighted by Gasteiger charge is 2.31. The summed E-state index contributed by atoms with van der Waals surface area (Å²) in [4.78, 5) is 23.0. The van der Waals surface area contributed by atoms with Crippen molar-refractivity contribution in [2.45, 2.75) is 38.3 Å². The number of aromatic nitrogens is 2. The van der Waals surface area contributed by atoms with Crippen molar-refractivity contribution in [1.82, 2.24) is 20.4 Å². The van der Waals surface area contributed by atoms with Crippen molar-refractivity contribution in [3.63, 3.8) is 0 Å². The quantitative estimate of drug-likeness (QED) is 0.762. The van der Waals surface area contributed by atoms with Crippen LogP contribution in [-0.2, 0) is 18.4 Å². The molecule has 2 atom stereocenters. The zero-order valence-electron chi connectivity index (χ0n) is 11.5. The van der Waals surface area contributed by atoms with Crippen LogP contribution in [0.2, 0.25) is 0 Å². The fraction of sp³-hybridized carbons (Fsp3) is 0.615. The zero-order valence-corrected chi connectivity index (χ0v) is 11.5. The molecule has 1 aliphatic carbocycles. The maximum atomic E-state index is 11.8. The van der Waals surface area contributed by atoms with Gasteiger partial charge in [0.05, 0.1) is 12.1 Å². The van der Waals surface area contributed by atoms with Crippen molar-refractivity contribution in [2.75, 3.05) is 0 Å². The molecule has 0 spiro atoms. The van der Waals surface area contributed by atoms with E-state index in [-0.39, 0.29) is 12.1 Å². The largest absolute Gasteiger partial charge is 0.481 e. The fourth-order valence-electron chi connectivity index (χ4n) is 2.56. The molecule has 0 aromatic carbocycles. The van der Waals surface area contributed by atoms with Gasteiger partial charge < -0.3 is 15.7 Å². The number of hydrogen-bond acceptors (Lipinski definition) is 3. The van der Waals surface area contributed by atoms with Crippen molar-refractivity contribution in [2.24, 2.45) is 13.0 Å². The van der Waals surface area contributed by atoms with Crippen LogP contribution < -0.4 is 10.6 Å². The maximum Gasteiger partial charge on any atom is 0.315 e. The summed E-state index contributed by atoms with van der Waals surface area (Å²) in [7, 11) is 1.81. The Labute approximate surface area is 117 Å². The van der Waals surface area contributed by atoms with Gasteiger partial charge in [0, 0.05) is 31.4 Å². The van der Waals surface area contributed by atoms with Gasteiger partial charge in [-0.05, 0) is 12.8 Å². The molecule has 0 radical (unpaired) electrons. The summed E-state index contributed by atoms with van der Waals surface area (Å²) in [5.74, 6) is -1.31. The highest BCUT2D eigenvalue weighted by atomic mass is 16.4. The Morgan fingerprint density at radius 2 is 2.20 bits per heavy atom. The molecule has 2 rings (SSSR count). The Balaban J connectivity index is 1.82. The molecule has 0 aliphatic heterocycles. The van der Waals surface area contributed by atoms with E-state index in [1.165, 1.54) is 0 Å². The van der Waals surface area contributed by atoms with Gasteiger partial charge in [-0.2, -0.15) is 5.10 Å². The van der Waals surface area contributed by atoms with Crippen LogP contribution in [0.5, 0.6) is 0 Å². The molecule has 7 heteroatoms. The molecule has 1 fully saturated rings. The Kier molecular flexibility index (Phi) is 4.60. The smallest absolute Gasteiger partial charge is 0.315 e. The van der Waals surface area contributed by atoms with Gasteiger partial charge in [0.25, 0.3) is 0 Å². The summed E-state index contributed by atoms with van der Waals surface area (Å²) in [6.07, 6.45) is 6.71. The van der Waals surface area contributed by atoms with Crippen LogP contribution in [0, 0.1) is 5.92 Å². The fourth-order valence-corrected chi connectivity index (χ4v) is 2.56. The van der Waals surface area contributed by atoms with Gasteiger partial charge >= 0.3 is 12.0 Å². The van der Waals surface area contributed by atoms with Crippen LogP contribution in [0.1, 0.15) is 31.2 Å². The lowest BCUT2D eigenvalue weighted by molar-refractivity contribution is -0.143. The van der Waals surface area contributed by atoms with Crippen LogP contribution >= 0.6 is 0 Å². The highest BCUT2D eigenvalue weighted by molar-refractivity contribution is 5.76. The Hall–Kier alpha value is -2.05. The van der Waals surface area contributed by atoms with Crippen molar-refractivity contribution in [3.05, 3.63) is 18.0 Å². The lowest BCUT2D eigenvalue weighted by Crippen LogP contribution is -2.48. The first-order valence-electron chi connectivity index (χ1n) is 6.81. The standard InChI is InChI=1S/C13H20N4O3/c1-17-8-9(7-15-17)6-14-13(20)16-11-5-3-2-4-10(11)12(18)19/h7-8,10-11H,2-6H2,1H3,(H,18,19)(H2,14,16,20). The number of rotatable bonds is 4. The number of carbonyl (C=O) groups is 2. The number of amides is 2. The second-order valence-electron chi connectivity index (χ2n) is 5.18. The zero-order chi connectivity index (χ0) is 14.5. The predicted molar refractivity (Wildman–Crippen MR) is 72.0 cm³/mol. The number of aliphatic carboxylic acids is 1. The monoisotopic (exact) mass is 280 g/mol. The predicted octanol–water partition coefficient (Wildman–Crippen LogP) is 0.863. The van der Waals surface area contributed by atoms with Gasteiger partial charge in [0.2, 0.25) is 0 Å². The molecular formula is C13H20N4O3. The molecule has 1 aliphatic rings. The van der Waals surface area contributed by atoms with Crippen LogP contribution in [0.3, 0.4) is 0 Å². The molecule has 7 nitrogen and oxygen atoms in total. The Morgan fingerprint density at radius 3 is 2.85 bits per heavy atom. The van der Waals surface area contributed by atoms with Crippen molar-refractivity contribution in [1.29, 1.82) is 0 Å². The summed E-state index contributed by atoms with van der Waals surface area (Å²) in [5, 5.41) is 18.7. The maximum absolute atomic E-state index is 11.8. The molecule has 1 aromatic heterocycles. The number of nitrogens with zero attached hydrogens (tertiary/aromatic N) is 2. The molecular weight excluding hydrogens is 260 g/mol. The van der Waals surface area contributed by atoms with Crippen molar-refractivity contribution >= 4 is 12.0 Å². The third-order valence-corrected chi connectivity index (χ3v) is 3.61. The van der Waals surface area contributed by atoms with Crippen LogP contribution in [-0.4, -0.2) is 32.9 Å². The molecule has 110 valence electrons. The highest BCUT2D eigenvalue weighted by Crippen LogP contribution is 2.24. The second-order valence-corrected chi connectivity index (χ2v) is 5.18. The first kappa shape index (κ1) is 14.4. The van der Waals surface area contributed by atoms with Gasteiger partial charge in [-0.3, -0.25) is 9.48 Å². The minimum absolute atomic E-state index is 0.282.